The molecule has 0 aromatic heterocycles. The van der Waals surface area contributed by atoms with Crippen LogP contribution in [-0.4, -0.2) is 59.2 Å². The number of hydrogen-bond donors (Lipinski definition) is 3. The molecule has 3 N–H and O–H groups in total. The van der Waals surface area contributed by atoms with Crippen LogP contribution < -0.4 is 0 Å². The Morgan fingerprint density at radius 1 is 0.615 bits per heavy atom. The Morgan fingerprint density at radius 3 is 1.38 bits per heavy atom. The highest BCUT2D eigenvalue weighted by Crippen LogP contribution is 2.14. The molecule has 1 atom stereocenters. The Kier molecular flexibility index (Phi) is 21.0. The summed E-state index contributed by atoms with van der Waals surface area (Å²) in [6, 6.07) is 0. The first kappa shape index (κ1) is 25.8. The minimum atomic E-state index is -0.342. The van der Waals surface area contributed by atoms with E-state index in [1.165, 1.54) is 83.5 Å². The second-order valence-electron chi connectivity index (χ2n) is 7.79. The van der Waals surface area contributed by atoms with Crippen LogP contribution in [0, 0.1) is 0 Å². The Bertz CT molecular complexity index is 258. The molecule has 0 fully saturated rings. The van der Waals surface area contributed by atoms with Gasteiger partial charge in [-0.15, -0.1) is 0 Å². The molecule has 26 heavy (non-hydrogen) atoms. The zero-order chi connectivity index (χ0) is 19.3. The molecule has 0 aromatic rings. The molecule has 1 unspecified atom stereocenters. The Balaban J connectivity index is 3.29. The molecule has 0 spiro atoms. The van der Waals surface area contributed by atoms with Crippen molar-refractivity contribution in [3.8, 4) is 0 Å². The van der Waals surface area contributed by atoms with Gasteiger partial charge in [0, 0.05) is 19.6 Å². The van der Waals surface area contributed by atoms with Crippen LogP contribution in [-0.2, 0) is 0 Å². The highest BCUT2D eigenvalue weighted by atomic mass is 16.3. The van der Waals surface area contributed by atoms with Crippen molar-refractivity contribution < 1.29 is 15.3 Å². The van der Waals surface area contributed by atoms with Gasteiger partial charge in [-0.2, -0.15) is 0 Å². The van der Waals surface area contributed by atoms with Gasteiger partial charge in [0.1, 0.15) is 0 Å². The average molecular weight is 374 g/mol. The predicted molar refractivity (Wildman–Crippen MR) is 112 cm³/mol. The van der Waals surface area contributed by atoms with E-state index in [0.717, 1.165) is 12.8 Å². The quantitative estimate of drug-likeness (QED) is 0.259. The molecular formula is C22H47NO3. The summed E-state index contributed by atoms with van der Waals surface area (Å²) in [6.45, 7) is 4.03. The molecule has 0 saturated heterocycles. The van der Waals surface area contributed by atoms with Gasteiger partial charge in [-0.05, 0) is 6.42 Å². The lowest BCUT2D eigenvalue weighted by atomic mass is 10.0. The number of hydrogen-bond acceptors (Lipinski definition) is 4. The smallest absolute Gasteiger partial charge is 0.0667 e. The fraction of sp³-hybridized carbons (Fsp3) is 1.00. The Hall–Kier alpha value is -0.160. The first-order valence-electron chi connectivity index (χ1n) is 11.4. The molecule has 0 radical (unpaired) electrons. The van der Waals surface area contributed by atoms with Gasteiger partial charge in [-0.25, -0.2) is 0 Å². The van der Waals surface area contributed by atoms with Crippen molar-refractivity contribution in [1.29, 1.82) is 0 Å². The lowest BCUT2D eigenvalue weighted by Gasteiger charge is -2.23. The molecule has 0 aliphatic heterocycles. The third-order valence-corrected chi connectivity index (χ3v) is 5.19. The molecule has 0 aliphatic rings. The zero-order valence-electron chi connectivity index (χ0n) is 17.5. The van der Waals surface area contributed by atoms with E-state index in [0.29, 0.717) is 19.6 Å². The fourth-order valence-corrected chi connectivity index (χ4v) is 3.54. The van der Waals surface area contributed by atoms with Gasteiger partial charge in [0.2, 0.25) is 0 Å². The van der Waals surface area contributed by atoms with Crippen LogP contribution in [0.25, 0.3) is 0 Å². The second-order valence-corrected chi connectivity index (χ2v) is 7.79. The average Bonchev–Trinajstić information content (AvgIpc) is 2.62. The predicted octanol–water partition coefficient (Wildman–Crippen LogP) is 4.51. The van der Waals surface area contributed by atoms with Crippen molar-refractivity contribution in [2.24, 2.45) is 0 Å². The van der Waals surface area contributed by atoms with Gasteiger partial charge in [-0.1, -0.05) is 96.8 Å². The molecule has 0 aliphatic carbocycles. The molecular weight excluding hydrogens is 326 g/mol. The van der Waals surface area contributed by atoms with Crippen LogP contribution in [0.15, 0.2) is 0 Å². The molecule has 0 heterocycles. The minimum Gasteiger partial charge on any atom is -0.395 e. The van der Waals surface area contributed by atoms with Crippen molar-refractivity contribution in [3.63, 3.8) is 0 Å². The minimum absolute atomic E-state index is 0.0750. The van der Waals surface area contributed by atoms with Crippen molar-refractivity contribution in [1.82, 2.24) is 4.90 Å². The van der Waals surface area contributed by atoms with Crippen molar-refractivity contribution in [2.45, 2.75) is 109 Å². The summed E-state index contributed by atoms with van der Waals surface area (Å²) in [4.78, 5) is 1.93. The van der Waals surface area contributed by atoms with E-state index < -0.39 is 0 Å². The van der Waals surface area contributed by atoms with Crippen LogP contribution in [0.1, 0.15) is 103 Å². The van der Waals surface area contributed by atoms with E-state index in [9.17, 15) is 5.11 Å². The molecule has 0 saturated carbocycles. The monoisotopic (exact) mass is 373 g/mol. The molecule has 4 heteroatoms. The lowest BCUT2D eigenvalue weighted by molar-refractivity contribution is 0.0809. The SMILES string of the molecule is CCCCCCCCCCCCCCCCC(O)CN(CCO)CCO. The van der Waals surface area contributed by atoms with E-state index in [1.807, 2.05) is 4.90 Å². The summed E-state index contributed by atoms with van der Waals surface area (Å²) in [7, 11) is 0. The second kappa shape index (κ2) is 21.1. The maximum Gasteiger partial charge on any atom is 0.0667 e. The zero-order valence-corrected chi connectivity index (χ0v) is 17.5. The molecule has 4 nitrogen and oxygen atoms in total. The first-order valence-corrected chi connectivity index (χ1v) is 11.4. The van der Waals surface area contributed by atoms with E-state index >= 15 is 0 Å². The van der Waals surface area contributed by atoms with Crippen molar-refractivity contribution >= 4 is 0 Å². The summed E-state index contributed by atoms with van der Waals surface area (Å²) >= 11 is 0. The van der Waals surface area contributed by atoms with Crippen LogP contribution in [0.3, 0.4) is 0 Å². The molecule has 0 rings (SSSR count). The van der Waals surface area contributed by atoms with Crippen LogP contribution in [0.5, 0.6) is 0 Å². The third-order valence-electron chi connectivity index (χ3n) is 5.19. The Morgan fingerprint density at radius 2 is 1.00 bits per heavy atom. The maximum absolute atomic E-state index is 10.1. The molecule has 0 bridgehead atoms. The summed E-state index contributed by atoms with van der Waals surface area (Å²) in [5.41, 5.74) is 0. The first-order chi connectivity index (χ1) is 12.7. The normalized spacial score (nSPS) is 12.8. The number of aliphatic hydroxyl groups is 3. The topological polar surface area (TPSA) is 63.9 Å². The highest BCUT2D eigenvalue weighted by Gasteiger charge is 2.10. The molecule has 0 amide bonds. The Labute approximate surface area is 163 Å². The van der Waals surface area contributed by atoms with Crippen LogP contribution in [0.4, 0.5) is 0 Å². The van der Waals surface area contributed by atoms with E-state index in [2.05, 4.69) is 6.92 Å². The van der Waals surface area contributed by atoms with Gasteiger partial charge in [0.25, 0.3) is 0 Å². The van der Waals surface area contributed by atoms with Gasteiger partial charge in [0.05, 0.1) is 19.3 Å². The maximum atomic E-state index is 10.1. The van der Waals surface area contributed by atoms with Gasteiger partial charge < -0.3 is 15.3 Å². The number of rotatable bonds is 21. The number of unbranched alkanes of at least 4 members (excludes halogenated alkanes) is 13. The van der Waals surface area contributed by atoms with Crippen LogP contribution in [0.2, 0.25) is 0 Å². The van der Waals surface area contributed by atoms with Gasteiger partial charge in [-0.3, -0.25) is 4.90 Å². The van der Waals surface area contributed by atoms with Crippen molar-refractivity contribution in [3.05, 3.63) is 0 Å². The third kappa shape index (κ3) is 18.6. The number of aliphatic hydroxyl groups excluding tert-OH is 3. The van der Waals surface area contributed by atoms with E-state index in [1.54, 1.807) is 0 Å². The lowest BCUT2D eigenvalue weighted by Crippen LogP contribution is -2.36. The van der Waals surface area contributed by atoms with E-state index in [4.69, 9.17) is 10.2 Å². The highest BCUT2D eigenvalue weighted by molar-refractivity contribution is 4.64. The summed E-state index contributed by atoms with van der Waals surface area (Å²) in [5.74, 6) is 0. The largest absolute Gasteiger partial charge is 0.395 e. The number of nitrogens with zero attached hydrogens (tertiary/aromatic N) is 1. The standard InChI is InChI=1S/C22H47NO3/c1-2-3-4-5-6-7-8-9-10-11-12-13-14-15-16-22(26)21-23(17-19-24)18-20-25/h22,24-26H,2-21H2,1H3. The summed E-state index contributed by atoms with van der Waals surface area (Å²) < 4.78 is 0. The molecule has 158 valence electrons. The van der Waals surface area contributed by atoms with E-state index in [-0.39, 0.29) is 19.3 Å². The summed E-state index contributed by atoms with van der Waals surface area (Å²) in [6.07, 6.45) is 19.4. The van der Waals surface area contributed by atoms with Gasteiger partial charge >= 0.3 is 0 Å². The van der Waals surface area contributed by atoms with Gasteiger partial charge in [0.15, 0.2) is 0 Å². The fourth-order valence-electron chi connectivity index (χ4n) is 3.54. The summed E-state index contributed by atoms with van der Waals surface area (Å²) in [5, 5.41) is 28.0. The van der Waals surface area contributed by atoms with Crippen LogP contribution >= 0.6 is 0 Å². The molecule has 0 aromatic carbocycles. The van der Waals surface area contributed by atoms with Crippen molar-refractivity contribution in [2.75, 3.05) is 32.8 Å².